The van der Waals surface area contributed by atoms with Crippen LogP contribution in [0.5, 0.6) is 0 Å². The summed E-state index contributed by atoms with van der Waals surface area (Å²) in [6.07, 6.45) is -0.0230. The lowest BCUT2D eigenvalue weighted by Crippen LogP contribution is -2.34. The molecular weight excluding hydrogens is 270 g/mol. The lowest BCUT2D eigenvalue weighted by atomic mass is 10.0. The maximum atomic E-state index is 12.3. The summed E-state index contributed by atoms with van der Waals surface area (Å²) in [6, 6.07) is 2.92. The number of hydrogen-bond donors (Lipinski definition) is 2. The van der Waals surface area contributed by atoms with E-state index in [9.17, 15) is 18.4 Å². The molecule has 0 radical (unpaired) electrons. The van der Waals surface area contributed by atoms with E-state index in [-0.39, 0.29) is 12.2 Å². The first kappa shape index (κ1) is 16.1. The van der Waals surface area contributed by atoms with Crippen molar-refractivity contribution in [2.75, 3.05) is 6.54 Å². The van der Waals surface area contributed by atoms with E-state index in [1.165, 1.54) is 18.3 Å². The van der Waals surface area contributed by atoms with Gasteiger partial charge in [-0.15, -0.1) is 0 Å². The number of amides is 1. The molecule has 0 aliphatic heterocycles. The molecule has 1 unspecified atom stereocenters. The number of aromatic nitrogens is 1. The Morgan fingerprint density at radius 1 is 1.45 bits per heavy atom. The Kier molecular flexibility index (Phi) is 6.14. The highest BCUT2D eigenvalue weighted by molar-refractivity contribution is 5.93. The number of carboxylic acid groups (broad SMARTS) is 1. The summed E-state index contributed by atoms with van der Waals surface area (Å²) in [6.45, 7) is 1.28. The van der Waals surface area contributed by atoms with Gasteiger partial charge in [0.2, 0.25) is 0 Å². The minimum atomic E-state index is -2.55. The summed E-state index contributed by atoms with van der Waals surface area (Å²) in [5, 5.41) is 11.4. The molecule has 0 fully saturated rings. The average Bonchev–Trinajstić information content (AvgIpc) is 2.80. The highest BCUT2D eigenvalue weighted by Crippen LogP contribution is 2.08. The lowest BCUT2D eigenvalue weighted by molar-refractivity contribution is -0.141. The fourth-order valence-corrected chi connectivity index (χ4v) is 1.90. The molecule has 0 aliphatic rings. The van der Waals surface area contributed by atoms with Crippen LogP contribution in [0.25, 0.3) is 0 Å². The van der Waals surface area contributed by atoms with Gasteiger partial charge in [-0.25, -0.2) is 8.78 Å². The molecule has 0 saturated heterocycles. The number of nitrogens with zero attached hydrogens (tertiary/aromatic N) is 1. The van der Waals surface area contributed by atoms with E-state index in [1.807, 2.05) is 6.92 Å². The normalized spacial score (nSPS) is 12.4. The van der Waals surface area contributed by atoms with Crippen molar-refractivity contribution in [3.05, 3.63) is 24.0 Å². The van der Waals surface area contributed by atoms with Crippen molar-refractivity contribution in [1.82, 2.24) is 9.88 Å². The summed E-state index contributed by atoms with van der Waals surface area (Å²) >= 11 is 0. The zero-order valence-corrected chi connectivity index (χ0v) is 11.2. The van der Waals surface area contributed by atoms with Gasteiger partial charge < -0.3 is 15.0 Å². The Morgan fingerprint density at radius 2 is 2.15 bits per heavy atom. The number of carboxylic acids is 1. The molecule has 0 saturated carbocycles. The summed E-state index contributed by atoms with van der Waals surface area (Å²) < 4.78 is 25.8. The standard InChI is InChI=1S/C13H18F2N2O3/c1-2-4-9(13(19)20)7-16-12(18)10-5-3-6-17(10)8-11(14)15/h3,5-6,9,11H,2,4,7-8H2,1H3,(H,16,18)(H,19,20). The second-order valence-corrected chi connectivity index (χ2v) is 4.47. The Labute approximate surface area is 115 Å². The number of carbonyl (C=O) groups is 2. The fraction of sp³-hybridized carbons (Fsp3) is 0.538. The topological polar surface area (TPSA) is 71.3 Å². The van der Waals surface area contributed by atoms with Gasteiger partial charge in [0.15, 0.2) is 0 Å². The molecule has 7 heteroatoms. The second-order valence-electron chi connectivity index (χ2n) is 4.47. The third kappa shape index (κ3) is 4.64. The molecule has 0 aromatic carbocycles. The van der Waals surface area contributed by atoms with Crippen LogP contribution >= 0.6 is 0 Å². The Balaban J connectivity index is 2.62. The van der Waals surface area contributed by atoms with Gasteiger partial charge in [-0.3, -0.25) is 9.59 Å². The Bertz CT molecular complexity index is 460. The summed E-state index contributed by atoms with van der Waals surface area (Å²) in [5.74, 6) is -2.18. The van der Waals surface area contributed by atoms with Crippen LogP contribution in [0.3, 0.4) is 0 Å². The van der Waals surface area contributed by atoms with Gasteiger partial charge in [-0.2, -0.15) is 0 Å². The summed E-state index contributed by atoms with van der Waals surface area (Å²) in [7, 11) is 0. The van der Waals surface area contributed by atoms with Crippen molar-refractivity contribution in [1.29, 1.82) is 0 Å². The number of carbonyl (C=O) groups excluding carboxylic acids is 1. The van der Waals surface area contributed by atoms with Gasteiger partial charge in [0.1, 0.15) is 5.69 Å². The van der Waals surface area contributed by atoms with E-state index in [1.54, 1.807) is 0 Å². The van der Waals surface area contributed by atoms with Crippen LogP contribution in [0.4, 0.5) is 8.78 Å². The first-order chi connectivity index (χ1) is 9.45. The zero-order chi connectivity index (χ0) is 15.1. The first-order valence-electron chi connectivity index (χ1n) is 6.40. The van der Waals surface area contributed by atoms with Gasteiger partial charge in [0, 0.05) is 12.7 Å². The molecule has 1 aromatic rings. The van der Waals surface area contributed by atoms with Gasteiger partial charge in [0.25, 0.3) is 12.3 Å². The molecule has 2 N–H and O–H groups in total. The third-order valence-electron chi connectivity index (χ3n) is 2.89. The minimum absolute atomic E-state index is 0.0120. The number of nitrogens with one attached hydrogen (secondary N) is 1. The van der Waals surface area contributed by atoms with Crippen LogP contribution in [0.15, 0.2) is 18.3 Å². The van der Waals surface area contributed by atoms with E-state index in [0.29, 0.717) is 12.8 Å². The fourth-order valence-electron chi connectivity index (χ4n) is 1.90. The summed E-state index contributed by atoms with van der Waals surface area (Å²) in [4.78, 5) is 22.8. The van der Waals surface area contributed by atoms with E-state index in [0.717, 1.165) is 4.57 Å². The SMILES string of the molecule is CCCC(CNC(=O)c1cccn1CC(F)F)C(=O)O. The van der Waals surface area contributed by atoms with Crippen molar-refractivity contribution >= 4 is 11.9 Å². The lowest BCUT2D eigenvalue weighted by Gasteiger charge is -2.13. The highest BCUT2D eigenvalue weighted by Gasteiger charge is 2.19. The number of halogens is 2. The van der Waals surface area contributed by atoms with Crippen LogP contribution in [0.1, 0.15) is 30.3 Å². The van der Waals surface area contributed by atoms with Gasteiger partial charge >= 0.3 is 5.97 Å². The Morgan fingerprint density at radius 3 is 2.70 bits per heavy atom. The molecule has 1 heterocycles. The largest absolute Gasteiger partial charge is 0.481 e. The van der Waals surface area contributed by atoms with Gasteiger partial charge in [-0.1, -0.05) is 13.3 Å². The molecule has 0 aliphatic carbocycles. The first-order valence-corrected chi connectivity index (χ1v) is 6.40. The average molecular weight is 288 g/mol. The number of alkyl halides is 2. The number of hydrogen-bond acceptors (Lipinski definition) is 2. The highest BCUT2D eigenvalue weighted by atomic mass is 19.3. The predicted octanol–water partition coefficient (Wildman–Crippen LogP) is 1.98. The molecule has 1 rings (SSSR count). The van der Waals surface area contributed by atoms with Crippen molar-refractivity contribution < 1.29 is 23.5 Å². The van der Waals surface area contributed by atoms with Crippen molar-refractivity contribution in [3.8, 4) is 0 Å². The predicted molar refractivity (Wildman–Crippen MR) is 68.8 cm³/mol. The van der Waals surface area contributed by atoms with Crippen LogP contribution < -0.4 is 5.32 Å². The van der Waals surface area contributed by atoms with Crippen molar-refractivity contribution in [2.24, 2.45) is 5.92 Å². The smallest absolute Gasteiger partial charge is 0.308 e. The third-order valence-corrected chi connectivity index (χ3v) is 2.89. The molecule has 5 nitrogen and oxygen atoms in total. The van der Waals surface area contributed by atoms with Crippen LogP contribution in [-0.4, -0.2) is 34.5 Å². The maximum Gasteiger partial charge on any atom is 0.308 e. The quantitative estimate of drug-likeness (QED) is 0.768. The zero-order valence-electron chi connectivity index (χ0n) is 11.2. The van der Waals surface area contributed by atoms with Crippen molar-refractivity contribution in [2.45, 2.75) is 32.7 Å². The van der Waals surface area contributed by atoms with Crippen LogP contribution in [0, 0.1) is 5.92 Å². The molecule has 0 spiro atoms. The molecule has 1 amide bonds. The molecule has 20 heavy (non-hydrogen) atoms. The van der Waals surface area contributed by atoms with E-state index in [2.05, 4.69) is 5.32 Å². The number of aliphatic carboxylic acids is 1. The van der Waals surface area contributed by atoms with Crippen LogP contribution in [-0.2, 0) is 11.3 Å². The minimum Gasteiger partial charge on any atom is -0.481 e. The molecule has 112 valence electrons. The maximum absolute atomic E-state index is 12.3. The van der Waals surface area contributed by atoms with E-state index < -0.39 is 30.8 Å². The van der Waals surface area contributed by atoms with E-state index in [4.69, 9.17) is 5.11 Å². The van der Waals surface area contributed by atoms with Crippen molar-refractivity contribution in [3.63, 3.8) is 0 Å². The molecule has 0 bridgehead atoms. The molecule has 1 atom stereocenters. The van der Waals surface area contributed by atoms with Crippen LogP contribution in [0.2, 0.25) is 0 Å². The van der Waals surface area contributed by atoms with Gasteiger partial charge in [0.05, 0.1) is 12.5 Å². The Hall–Kier alpha value is -1.92. The number of rotatable bonds is 8. The second kappa shape index (κ2) is 7.62. The summed E-state index contributed by atoms with van der Waals surface area (Å²) in [5.41, 5.74) is 0.103. The monoisotopic (exact) mass is 288 g/mol. The van der Waals surface area contributed by atoms with Gasteiger partial charge in [-0.05, 0) is 18.6 Å². The van der Waals surface area contributed by atoms with E-state index >= 15 is 0 Å². The molecule has 1 aromatic heterocycles. The molecular formula is C13H18F2N2O3.